The first kappa shape index (κ1) is 27.4. The summed E-state index contributed by atoms with van der Waals surface area (Å²) in [4.78, 5) is 28.4. The fourth-order valence-electron chi connectivity index (χ4n) is 5.84. The Morgan fingerprint density at radius 1 is 1.05 bits per heavy atom. The number of amides is 1. The van der Waals surface area contributed by atoms with E-state index in [2.05, 4.69) is 37.1 Å². The first-order valence-electron chi connectivity index (χ1n) is 13.9. The maximum Gasteiger partial charge on any atom is 0.303 e. The monoisotopic (exact) mass is 510 g/mol. The number of nitrogens with one attached hydrogen (secondary N) is 1. The highest BCUT2D eigenvalue weighted by atomic mass is 16.5. The molecule has 37 heavy (non-hydrogen) atoms. The van der Waals surface area contributed by atoms with Crippen molar-refractivity contribution in [2.24, 2.45) is 11.3 Å². The first-order valence-corrected chi connectivity index (χ1v) is 13.9. The van der Waals surface area contributed by atoms with Crippen molar-refractivity contribution >= 4 is 11.9 Å². The Labute approximate surface area is 220 Å². The van der Waals surface area contributed by atoms with Crippen molar-refractivity contribution in [1.82, 2.24) is 10.3 Å². The molecule has 0 radical (unpaired) electrons. The van der Waals surface area contributed by atoms with Crippen LogP contribution >= 0.6 is 0 Å². The molecule has 2 fully saturated rings. The Morgan fingerprint density at radius 3 is 2.54 bits per heavy atom. The van der Waals surface area contributed by atoms with E-state index in [0.29, 0.717) is 30.0 Å². The molecule has 0 spiro atoms. The van der Waals surface area contributed by atoms with Crippen LogP contribution in [0.3, 0.4) is 0 Å². The van der Waals surface area contributed by atoms with Gasteiger partial charge in [-0.3, -0.25) is 9.59 Å². The molecule has 202 valence electrons. The third-order valence-corrected chi connectivity index (χ3v) is 7.79. The van der Waals surface area contributed by atoms with Crippen molar-refractivity contribution in [1.29, 1.82) is 0 Å². The molecule has 4 rings (SSSR count). The predicted molar refractivity (Wildman–Crippen MR) is 142 cm³/mol. The number of ether oxygens (including phenoxy) is 1. The van der Waals surface area contributed by atoms with Crippen molar-refractivity contribution in [3.05, 3.63) is 53.2 Å². The van der Waals surface area contributed by atoms with Gasteiger partial charge in [0.1, 0.15) is 6.26 Å². The molecule has 0 aliphatic carbocycles. The second-order valence-electron chi connectivity index (χ2n) is 11.9. The molecule has 7 heteroatoms. The maximum atomic E-state index is 12.7. The van der Waals surface area contributed by atoms with E-state index < -0.39 is 5.97 Å². The molecule has 1 aromatic carbocycles. The predicted octanol–water partition coefficient (Wildman–Crippen LogP) is 5.92. The highest BCUT2D eigenvalue weighted by molar-refractivity contribution is 5.91. The first-order chi connectivity index (χ1) is 17.7. The molecular weight excluding hydrogens is 468 g/mol. The zero-order chi connectivity index (χ0) is 26.4. The number of benzene rings is 1. The standard InChI is InChI=1S/C30H42N2O5/c1-30(2,3)16-8-4-5-9-17-31-28(35)23-19-36-29(32-23)27-22(24-13-14-25(27)37-24)18-21-11-7-6-10-20(21)12-15-26(33)34/h6-7,10-11,19,22,24-25,27H,4-5,8-9,12-18H2,1-3H3,(H,31,35)(H,33,34). The van der Waals surface area contributed by atoms with Crippen molar-refractivity contribution in [3.63, 3.8) is 0 Å². The Morgan fingerprint density at radius 2 is 1.78 bits per heavy atom. The van der Waals surface area contributed by atoms with Crippen molar-refractivity contribution in [2.75, 3.05) is 6.54 Å². The molecule has 3 heterocycles. The minimum atomic E-state index is -0.790. The van der Waals surface area contributed by atoms with Gasteiger partial charge in [-0.05, 0) is 55.1 Å². The molecule has 7 nitrogen and oxygen atoms in total. The number of nitrogens with zero attached hydrogens (tertiary/aromatic N) is 1. The molecule has 0 saturated carbocycles. The van der Waals surface area contributed by atoms with Crippen molar-refractivity contribution in [2.45, 2.75) is 103 Å². The van der Waals surface area contributed by atoms with E-state index in [9.17, 15) is 9.59 Å². The third-order valence-electron chi connectivity index (χ3n) is 7.79. The van der Waals surface area contributed by atoms with Crippen LogP contribution in [0, 0.1) is 11.3 Å². The van der Waals surface area contributed by atoms with E-state index in [1.807, 2.05) is 18.2 Å². The topological polar surface area (TPSA) is 102 Å². The van der Waals surface area contributed by atoms with Gasteiger partial charge >= 0.3 is 5.97 Å². The summed E-state index contributed by atoms with van der Waals surface area (Å²) in [7, 11) is 0. The smallest absolute Gasteiger partial charge is 0.303 e. The Hall–Kier alpha value is -2.67. The van der Waals surface area contributed by atoms with Crippen LogP contribution in [-0.2, 0) is 22.4 Å². The number of carbonyl (C=O) groups excluding carboxylic acids is 1. The lowest BCUT2D eigenvalue weighted by Crippen LogP contribution is -2.28. The quantitative estimate of drug-likeness (QED) is 0.324. The van der Waals surface area contributed by atoms with E-state index in [-0.39, 0.29) is 36.4 Å². The fourth-order valence-corrected chi connectivity index (χ4v) is 5.84. The maximum absolute atomic E-state index is 12.7. The van der Waals surface area contributed by atoms with E-state index in [1.54, 1.807) is 0 Å². The number of carboxylic acid groups (broad SMARTS) is 1. The fraction of sp³-hybridized carbons (Fsp3) is 0.633. The molecule has 2 N–H and O–H groups in total. The zero-order valence-corrected chi connectivity index (χ0v) is 22.5. The highest BCUT2D eigenvalue weighted by Crippen LogP contribution is 2.50. The summed E-state index contributed by atoms with van der Waals surface area (Å²) in [6.07, 6.45) is 10.7. The Bertz CT molecular complexity index is 1060. The number of oxazole rings is 1. The lowest BCUT2D eigenvalue weighted by molar-refractivity contribution is -0.136. The van der Waals surface area contributed by atoms with E-state index in [4.69, 9.17) is 14.3 Å². The van der Waals surface area contributed by atoms with Crippen LogP contribution in [-0.4, -0.2) is 40.7 Å². The largest absolute Gasteiger partial charge is 0.481 e. The summed E-state index contributed by atoms with van der Waals surface area (Å²) in [5.41, 5.74) is 2.93. The molecule has 4 unspecified atom stereocenters. The Balaban J connectivity index is 1.33. The molecule has 1 amide bonds. The minimum Gasteiger partial charge on any atom is -0.481 e. The summed E-state index contributed by atoms with van der Waals surface area (Å²) in [6, 6.07) is 8.05. The van der Waals surface area contributed by atoms with Gasteiger partial charge in [0, 0.05) is 18.9 Å². The SMILES string of the molecule is CC(C)(C)CCCCCCNC(=O)c1coc(C2C3CCC(O3)C2Cc2ccccc2CCC(=O)O)n1. The van der Waals surface area contributed by atoms with Gasteiger partial charge in [0.2, 0.25) is 5.89 Å². The average Bonchev–Trinajstić information content (AvgIpc) is 3.59. The average molecular weight is 511 g/mol. The minimum absolute atomic E-state index is 0.00403. The molecule has 1 aromatic heterocycles. The van der Waals surface area contributed by atoms with Crippen LogP contribution in [0.2, 0.25) is 0 Å². The van der Waals surface area contributed by atoms with Crippen LogP contribution in [0.5, 0.6) is 0 Å². The van der Waals surface area contributed by atoms with E-state index >= 15 is 0 Å². The molecule has 2 aliphatic rings. The van der Waals surface area contributed by atoms with Crippen LogP contribution in [0.25, 0.3) is 0 Å². The van der Waals surface area contributed by atoms with Gasteiger partial charge in [0.25, 0.3) is 5.91 Å². The van der Waals surface area contributed by atoms with Gasteiger partial charge < -0.3 is 19.6 Å². The molecule has 2 bridgehead atoms. The number of carbonyl (C=O) groups is 2. The van der Waals surface area contributed by atoms with Gasteiger partial charge in [-0.1, -0.05) is 64.3 Å². The number of unbranched alkanes of at least 4 members (excludes halogenated alkanes) is 3. The van der Waals surface area contributed by atoms with Gasteiger partial charge in [-0.15, -0.1) is 0 Å². The molecule has 4 atom stereocenters. The summed E-state index contributed by atoms with van der Waals surface area (Å²) < 4.78 is 12.1. The van der Waals surface area contributed by atoms with Crippen LogP contribution in [0.4, 0.5) is 0 Å². The number of fused-ring (bicyclic) bond motifs is 2. The van der Waals surface area contributed by atoms with Crippen LogP contribution in [0.15, 0.2) is 34.9 Å². The van der Waals surface area contributed by atoms with Gasteiger partial charge in [-0.2, -0.15) is 0 Å². The third kappa shape index (κ3) is 7.44. The van der Waals surface area contributed by atoms with E-state index in [0.717, 1.165) is 43.2 Å². The highest BCUT2D eigenvalue weighted by Gasteiger charge is 2.51. The number of hydrogen-bond donors (Lipinski definition) is 2. The number of aliphatic carboxylic acids is 1. The number of rotatable bonds is 13. The van der Waals surface area contributed by atoms with Gasteiger partial charge in [0.15, 0.2) is 5.69 Å². The Kier molecular flexibility index (Phi) is 9.06. The van der Waals surface area contributed by atoms with Gasteiger partial charge in [-0.25, -0.2) is 4.98 Å². The summed E-state index contributed by atoms with van der Waals surface area (Å²) in [5, 5.41) is 12.1. The molecule has 2 aromatic rings. The number of aromatic nitrogens is 1. The van der Waals surface area contributed by atoms with Crippen molar-refractivity contribution < 1.29 is 23.8 Å². The summed E-state index contributed by atoms with van der Waals surface area (Å²) in [5.74, 6) is -0.220. The van der Waals surface area contributed by atoms with Gasteiger partial charge in [0.05, 0.1) is 18.1 Å². The van der Waals surface area contributed by atoms with E-state index in [1.165, 1.54) is 25.5 Å². The molecular formula is C30H42N2O5. The number of aryl methyl sites for hydroxylation is 1. The zero-order valence-electron chi connectivity index (χ0n) is 22.5. The second kappa shape index (κ2) is 12.2. The lowest BCUT2D eigenvalue weighted by Gasteiger charge is -2.26. The molecule has 2 saturated heterocycles. The van der Waals surface area contributed by atoms with Crippen LogP contribution < -0.4 is 5.32 Å². The molecule has 2 aliphatic heterocycles. The normalized spacial score (nSPS) is 22.9. The number of hydrogen-bond acceptors (Lipinski definition) is 5. The lowest BCUT2D eigenvalue weighted by atomic mass is 9.75. The van der Waals surface area contributed by atoms with Crippen molar-refractivity contribution in [3.8, 4) is 0 Å². The second-order valence-corrected chi connectivity index (χ2v) is 11.9. The summed E-state index contributed by atoms with van der Waals surface area (Å²) in [6.45, 7) is 7.45. The van der Waals surface area contributed by atoms with Crippen LogP contribution in [0.1, 0.15) is 106 Å². The summed E-state index contributed by atoms with van der Waals surface area (Å²) >= 11 is 0. The number of carboxylic acids is 1.